The Balaban J connectivity index is 0. The van der Waals surface area contributed by atoms with Crippen LogP contribution in [-0.4, -0.2) is 30.5 Å². The molecule has 0 aromatic heterocycles. The molecule has 2 N–H and O–H groups in total. The van der Waals surface area contributed by atoms with Gasteiger partial charge in [0.1, 0.15) is 6.61 Å². The molecule has 0 aliphatic rings. The number of esters is 1. The quantitative estimate of drug-likeness (QED) is 0.328. The Kier molecular flexibility index (Phi) is 11.5. The van der Waals surface area contributed by atoms with Crippen molar-refractivity contribution in [1.82, 2.24) is 5.32 Å². The molecule has 0 atom stereocenters. The Morgan fingerprint density at radius 2 is 1.80 bits per heavy atom. The van der Waals surface area contributed by atoms with Gasteiger partial charge >= 0.3 is 11.9 Å². The summed E-state index contributed by atoms with van der Waals surface area (Å²) in [6.07, 6.45) is 1.16. The SMILES string of the molecule is CN[C-]=O.O=C(O)CCC(=O)OCc1ccccc1.[Fm]. The third-order valence-corrected chi connectivity index (χ3v) is 1.89. The van der Waals surface area contributed by atoms with Crippen LogP contribution in [0.5, 0.6) is 0 Å². The molecule has 6 nitrogen and oxygen atoms in total. The topological polar surface area (TPSA) is 92.7 Å². The number of amides is 1. The van der Waals surface area contributed by atoms with Crippen LogP contribution in [0.25, 0.3) is 0 Å². The molecule has 0 heterocycles. The van der Waals surface area contributed by atoms with Gasteiger partial charge in [-0.3, -0.25) is 9.59 Å². The largest absolute Gasteiger partial charge is 0.532 e. The number of carbonyl (C=O) groups excluding carboxylic acids is 2. The molecule has 7 heteroatoms. The summed E-state index contributed by atoms with van der Waals surface area (Å²) in [5.74, 6) is -1.48. The number of aliphatic carboxylic acids is 1. The number of carbonyl (C=O) groups is 2. The Hall–Kier alpha value is -3.37. The van der Waals surface area contributed by atoms with E-state index in [1.165, 1.54) is 13.5 Å². The van der Waals surface area contributed by atoms with Crippen molar-refractivity contribution >= 4 is 18.3 Å². The fourth-order valence-corrected chi connectivity index (χ4v) is 1.02. The molecule has 0 unspecified atom stereocenters. The number of carboxylic acid groups (broad SMARTS) is 1. The van der Waals surface area contributed by atoms with E-state index < -0.39 is 11.9 Å². The molecule has 0 saturated heterocycles. The fourth-order valence-electron chi connectivity index (χ4n) is 1.02. The van der Waals surface area contributed by atoms with Crippen molar-refractivity contribution in [3.05, 3.63) is 35.9 Å². The number of benzene rings is 1. The molecular weight excluding hydrogens is 507 g/mol. The van der Waals surface area contributed by atoms with E-state index in [2.05, 4.69) is 5.32 Å². The first-order valence-electron chi connectivity index (χ1n) is 5.55. The van der Waals surface area contributed by atoms with E-state index in [-0.39, 0.29) is 19.4 Å². The van der Waals surface area contributed by atoms with Crippen LogP contribution in [0.2, 0.25) is 0 Å². The van der Waals surface area contributed by atoms with Crippen LogP contribution >= 0.6 is 0 Å². The first-order chi connectivity index (χ1) is 9.10. The summed E-state index contributed by atoms with van der Waals surface area (Å²) in [6, 6.07) is 9.24. The average Bonchev–Trinajstić information content (AvgIpc) is 2.44. The summed E-state index contributed by atoms with van der Waals surface area (Å²) in [5.41, 5.74) is 0.890. The maximum atomic E-state index is 11.0. The van der Waals surface area contributed by atoms with Crippen LogP contribution < -0.4 is 5.32 Å². The normalized spacial score (nSPS) is 8.25. The van der Waals surface area contributed by atoms with Crippen LogP contribution in [0.3, 0.4) is 0 Å². The standard InChI is InChI=1S/C11H12O4.C2H4NO.Fm/c12-10(13)6-7-11(14)15-8-9-4-2-1-3-5-9;1-3-2-4;/h1-5H,6-8H2,(H,12,13);1H3,(H,3,4);/q;-1;. The van der Waals surface area contributed by atoms with E-state index in [0.29, 0.717) is 0 Å². The van der Waals surface area contributed by atoms with Gasteiger partial charge in [-0.1, -0.05) is 30.3 Å². The Morgan fingerprint density at radius 3 is 2.25 bits per heavy atom. The summed E-state index contributed by atoms with van der Waals surface area (Å²) in [7, 11) is 1.51. The van der Waals surface area contributed by atoms with Crippen molar-refractivity contribution in [1.29, 1.82) is 0 Å². The van der Waals surface area contributed by atoms with E-state index in [1.807, 2.05) is 30.3 Å². The number of rotatable bonds is 6. The van der Waals surface area contributed by atoms with Gasteiger partial charge < -0.3 is 20.0 Å². The van der Waals surface area contributed by atoms with Gasteiger partial charge in [-0.05, 0) is 12.6 Å². The summed E-state index contributed by atoms with van der Waals surface area (Å²) >= 11 is 0. The van der Waals surface area contributed by atoms with Gasteiger partial charge in [0.05, 0.1) is 12.8 Å². The third-order valence-electron chi connectivity index (χ3n) is 1.89. The summed E-state index contributed by atoms with van der Waals surface area (Å²) in [4.78, 5) is 30.1. The van der Waals surface area contributed by atoms with Crippen molar-refractivity contribution in [2.75, 3.05) is 7.05 Å². The molecule has 0 spiro atoms. The molecule has 20 heavy (non-hydrogen) atoms. The van der Waals surface area contributed by atoms with Gasteiger partial charge in [-0.25, -0.2) is 0 Å². The van der Waals surface area contributed by atoms with E-state index in [0.717, 1.165) is 5.56 Å². The van der Waals surface area contributed by atoms with Crippen molar-refractivity contribution in [3.63, 3.8) is 0 Å². The number of ether oxygens (including phenoxy) is 1. The van der Waals surface area contributed by atoms with Gasteiger partial charge in [0.15, 0.2) is 0 Å². The van der Waals surface area contributed by atoms with Crippen LogP contribution in [0.4, 0.5) is 0 Å². The van der Waals surface area contributed by atoms with E-state index in [1.54, 1.807) is 0 Å². The Morgan fingerprint density at radius 1 is 1.25 bits per heavy atom. The second kappa shape index (κ2) is 12.1. The average molecular weight is 523 g/mol. The zero-order chi connectivity index (χ0) is 14.5. The molecule has 1 aromatic carbocycles. The van der Waals surface area contributed by atoms with Crippen molar-refractivity contribution in [2.45, 2.75) is 19.4 Å². The van der Waals surface area contributed by atoms with Crippen LogP contribution in [0.15, 0.2) is 30.3 Å². The van der Waals surface area contributed by atoms with E-state index in [4.69, 9.17) is 14.6 Å². The first-order valence-corrected chi connectivity index (χ1v) is 5.55. The van der Waals surface area contributed by atoms with E-state index >= 15 is 0 Å². The number of carboxylic acids is 1. The number of hydrogen-bond acceptors (Lipinski definition) is 4. The maximum Gasteiger partial charge on any atom is 0.306 e. The first kappa shape index (κ1) is 19.0. The predicted octanol–water partition coefficient (Wildman–Crippen LogP) is 0.868. The number of hydrogen-bond donors (Lipinski definition) is 2. The maximum absolute atomic E-state index is 11.0. The summed E-state index contributed by atoms with van der Waals surface area (Å²) in [5, 5.41) is 10.5. The molecule has 1 rings (SSSR count). The summed E-state index contributed by atoms with van der Waals surface area (Å²) < 4.78 is 4.88. The molecule has 0 aliphatic heterocycles. The molecule has 0 bridgehead atoms. The Bertz CT molecular complexity index is 397. The molecular formula is C13H16FmNO5-. The third kappa shape index (κ3) is 11.1. The minimum Gasteiger partial charge on any atom is -0.532 e. The molecule has 0 aliphatic carbocycles. The van der Waals surface area contributed by atoms with Crippen molar-refractivity contribution in [3.8, 4) is 0 Å². The minimum absolute atomic E-state index is 0. The van der Waals surface area contributed by atoms with Crippen LogP contribution in [-0.2, 0) is 25.7 Å². The molecule has 0 fully saturated rings. The molecule has 0 radical (unpaired) electrons. The smallest absolute Gasteiger partial charge is 0.306 e. The minimum atomic E-state index is -0.994. The Labute approximate surface area is 111 Å². The zero-order valence-corrected chi connectivity index (χ0v) is 13.3. The molecule has 1 amide bonds. The van der Waals surface area contributed by atoms with Gasteiger partial charge in [-0.15, -0.1) is 0 Å². The van der Waals surface area contributed by atoms with Gasteiger partial charge in [0.25, 0.3) is 0 Å². The van der Waals surface area contributed by atoms with Crippen LogP contribution in [0, 0.1) is 0 Å². The molecule has 1 aromatic rings. The van der Waals surface area contributed by atoms with Crippen molar-refractivity contribution < 1.29 is 24.2 Å². The van der Waals surface area contributed by atoms with E-state index in [9.17, 15) is 9.59 Å². The zero-order valence-electron chi connectivity index (χ0n) is 10.9. The molecule has 116 valence electrons. The second-order valence-corrected chi connectivity index (χ2v) is 3.39. The van der Waals surface area contributed by atoms with Gasteiger partial charge in [0, 0.05) is 0 Å². The van der Waals surface area contributed by atoms with Gasteiger partial charge in [0.2, 0.25) is 0 Å². The summed E-state index contributed by atoms with van der Waals surface area (Å²) in [6.45, 7) is 0.194. The van der Waals surface area contributed by atoms with Crippen molar-refractivity contribution in [2.24, 2.45) is 0 Å². The van der Waals surface area contributed by atoms with Gasteiger partial charge in [-0.2, -0.15) is 6.41 Å². The second-order valence-electron chi connectivity index (χ2n) is 3.39. The fraction of sp³-hybridized carbons (Fsp3) is 0.308. The van der Waals surface area contributed by atoms with Crippen LogP contribution in [0.1, 0.15) is 18.4 Å². The number of nitrogens with one attached hydrogen (secondary N) is 1. The predicted molar refractivity (Wildman–Crippen MR) is 67.9 cm³/mol. The molecule has 0 saturated carbocycles. The monoisotopic (exact) mass is 523 g/mol.